The molecule has 3 heteroatoms. The number of nitrogens with one attached hydrogen (secondary N) is 1. The average Bonchev–Trinajstić information content (AvgIpc) is 2.64. The van der Waals surface area contributed by atoms with E-state index in [1.54, 1.807) is 0 Å². The molecular formula is C12H23NOS. The van der Waals surface area contributed by atoms with Crippen LogP contribution in [0.3, 0.4) is 0 Å². The lowest BCUT2D eigenvalue weighted by Gasteiger charge is -2.27. The van der Waals surface area contributed by atoms with E-state index < -0.39 is 0 Å². The van der Waals surface area contributed by atoms with Crippen LogP contribution in [0.1, 0.15) is 38.5 Å². The number of hydrogen-bond acceptors (Lipinski definition) is 3. The molecule has 1 aliphatic heterocycles. The van der Waals surface area contributed by atoms with Gasteiger partial charge in [0, 0.05) is 24.4 Å². The van der Waals surface area contributed by atoms with Crippen molar-refractivity contribution in [2.75, 3.05) is 18.1 Å². The maximum atomic E-state index is 9.42. The molecule has 1 heterocycles. The number of aliphatic hydroxyl groups excluding tert-OH is 1. The minimum absolute atomic E-state index is 0.373. The van der Waals surface area contributed by atoms with Gasteiger partial charge in [-0.1, -0.05) is 19.3 Å². The fraction of sp³-hybridized carbons (Fsp3) is 1.00. The summed E-state index contributed by atoms with van der Waals surface area (Å²) in [5.74, 6) is 3.10. The molecule has 3 unspecified atom stereocenters. The first kappa shape index (κ1) is 11.7. The Morgan fingerprint density at radius 3 is 2.73 bits per heavy atom. The van der Waals surface area contributed by atoms with E-state index in [1.807, 2.05) is 0 Å². The van der Waals surface area contributed by atoms with Crippen LogP contribution >= 0.6 is 11.8 Å². The minimum Gasteiger partial charge on any atom is -0.396 e. The van der Waals surface area contributed by atoms with Crippen molar-refractivity contribution in [3.05, 3.63) is 0 Å². The summed E-state index contributed by atoms with van der Waals surface area (Å²) >= 11 is 2.06. The summed E-state index contributed by atoms with van der Waals surface area (Å²) in [5, 5.41) is 13.2. The number of rotatable bonds is 3. The average molecular weight is 229 g/mol. The zero-order chi connectivity index (χ0) is 10.5. The van der Waals surface area contributed by atoms with Gasteiger partial charge < -0.3 is 10.4 Å². The highest BCUT2D eigenvalue weighted by molar-refractivity contribution is 7.99. The highest BCUT2D eigenvalue weighted by atomic mass is 32.2. The molecule has 1 saturated heterocycles. The molecule has 2 nitrogen and oxygen atoms in total. The summed E-state index contributed by atoms with van der Waals surface area (Å²) in [4.78, 5) is 0. The number of aliphatic hydroxyl groups is 1. The predicted molar refractivity (Wildman–Crippen MR) is 66.3 cm³/mol. The molecule has 2 aliphatic rings. The highest BCUT2D eigenvalue weighted by Crippen LogP contribution is 2.25. The molecule has 0 aromatic heterocycles. The van der Waals surface area contributed by atoms with Crippen molar-refractivity contribution < 1.29 is 5.11 Å². The van der Waals surface area contributed by atoms with Gasteiger partial charge in [0.25, 0.3) is 0 Å². The highest BCUT2D eigenvalue weighted by Gasteiger charge is 2.26. The lowest BCUT2D eigenvalue weighted by atomic mass is 9.95. The quantitative estimate of drug-likeness (QED) is 0.726. The largest absolute Gasteiger partial charge is 0.396 e. The Hall–Kier alpha value is 0.270. The second-order valence-electron chi connectivity index (χ2n) is 4.91. The molecule has 0 radical (unpaired) electrons. The van der Waals surface area contributed by atoms with Crippen molar-refractivity contribution >= 4 is 11.8 Å². The van der Waals surface area contributed by atoms with Crippen LogP contribution in [0.5, 0.6) is 0 Å². The zero-order valence-corrected chi connectivity index (χ0v) is 10.3. The van der Waals surface area contributed by atoms with Crippen LogP contribution in [0.15, 0.2) is 0 Å². The maximum Gasteiger partial charge on any atom is 0.0474 e. The van der Waals surface area contributed by atoms with Crippen LogP contribution < -0.4 is 5.32 Å². The molecular weight excluding hydrogens is 206 g/mol. The van der Waals surface area contributed by atoms with Gasteiger partial charge in [-0.3, -0.25) is 0 Å². The van der Waals surface area contributed by atoms with Crippen molar-refractivity contribution in [3.63, 3.8) is 0 Å². The summed E-state index contributed by atoms with van der Waals surface area (Å²) in [7, 11) is 0. The van der Waals surface area contributed by atoms with E-state index in [-0.39, 0.29) is 0 Å². The second-order valence-corrected chi connectivity index (χ2v) is 6.06. The van der Waals surface area contributed by atoms with E-state index in [1.165, 1.54) is 50.0 Å². The van der Waals surface area contributed by atoms with E-state index >= 15 is 0 Å². The monoisotopic (exact) mass is 229 g/mol. The van der Waals surface area contributed by atoms with Crippen molar-refractivity contribution in [1.82, 2.24) is 5.32 Å². The normalized spacial score (nSPS) is 37.8. The van der Waals surface area contributed by atoms with E-state index in [9.17, 15) is 5.11 Å². The molecule has 2 fully saturated rings. The summed E-state index contributed by atoms with van der Waals surface area (Å²) in [6.45, 7) is 0.373. The molecule has 3 atom stereocenters. The third-order valence-electron chi connectivity index (χ3n) is 3.77. The first-order valence-corrected chi connectivity index (χ1v) is 7.50. The number of hydrogen-bond donors (Lipinski definition) is 2. The van der Waals surface area contributed by atoms with E-state index in [0.717, 1.165) is 0 Å². The van der Waals surface area contributed by atoms with Gasteiger partial charge in [-0.15, -0.1) is 0 Å². The van der Waals surface area contributed by atoms with Crippen LogP contribution in [0.25, 0.3) is 0 Å². The summed E-state index contributed by atoms with van der Waals surface area (Å²) in [5.41, 5.74) is 0. The van der Waals surface area contributed by atoms with Gasteiger partial charge in [-0.2, -0.15) is 11.8 Å². The predicted octanol–water partition coefficient (Wildman–Crippen LogP) is 2.02. The van der Waals surface area contributed by atoms with E-state index in [4.69, 9.17) is 0 Å². The molecule has 15 heavy (non-hydrogen) atoms. The number of thioether (sulfide) groups is 1. The molecule has 1 saturated carbocycles. The third-order valence-corrected chi connectivity index (χ3v) is 4.94. The van der Waals surface area contributed by atoms with Gasteiger partial charge >= 0.3 is 0 Å². The Bertz CT molecular complexity index is 182. The van der Waals surface area contributed by atoms with Crippen LogP contribution in [-0.2, 0) is 0 Å². The van der Waals surface area contributed by atoms with Crippen molar-refractivity contribution in [2.45, 2.75) is 50.6 Å². The Labute approximate surface area is 97.2 Å². The first-order chi connectivity index (χ1) is 7.40. The molecule has 0 aromatic carbocycles. The second kappa shape index (κ2) is 6.12. The lowest BCUT2D eigenvalue weighted by Crippen LogP contribution is -2.43. The molecule has 2 N–H and O–H groups in total. The molecule has 1 aliphatic carbocycles. The summed E-state index contributed by atoms with van der Waals surface area (Å²) in [6, 6.07) is 1.30. The minimum atomic E-state index is 0.373. The molecule has 0 spiro atoms. The molecule has 0 aromatic rings. The molecule has 0 amide bonds. The van der Waals surface area contributed by atoms with E-state index in [0.29, 0.717) is 24.6 Å². The van der Waals surface area contributed by atoms with Gasteiger partial charge in [-0.05, 0) is 30.9 Å². The third kappa shape index (κ3) is 3.36. The van der Waals surface area contributed by atoms with Gasteiger partial charge in [0.15, 0.2) is 0 Å². The first-order valence-electron chi connectivity index (χ1n) is 6.35. The zero-order valence-electron chi connectivity index (χ0n) is 9.45. The Balaban J connectivity index is 1.85. The van der Waals surface area contributed by atoms with Crippen LogP contribution in [0.4, 0.5) is 0 Å². The SMILES string of the molecule is OCC1CCCCCC1NC1CCSC1. The van der Waals surface area contributed by atoms with Gasteiger partial charge in [-0.25, -0.2) is 0 Å². The van der Waals surface area contributed by atoms with Crippen molar-refractivity contribution in [2.24, 2.45) is 5.92 Å². The Morgan fingerprint density at radius 1 is 1.13 bits per heavy atom. The lowest BCUT2D eigenvalue weighted by molar-refractivity contribution is 0.176. The Morgan fingerprint density at radius 2 is 2.00 bits per heavy atom. The van der Waals surface area contributed by atoms with Crippen molar-refractivity contribution in [3.8, 4) is 0 Å². The standard InChI is InChI=1S/C12H23NOS/c14-8-10-4-2-1-3-5-12(10)13-11-6-7-15-9-11/h10-14H,1-9H2. The van der Waals surface area contributed by atoms with E-state index in [2.05, 4.69) is 17.1 Å². The maximum absolute atomic E-state index is 9.42. The van der Waals surface area contributed by atoms with Crippen LogP contribution in [-0.4, -0.2) is 35.3 Å². The summed E-state index contributed by atoms with van der Waals surface area (Å²) < 4.78 is 0. The van der Waals surface area contributed by atoms with Gasteiger partial charge in [0.05, 0.1) is 0 Å². The molecule has 0 bridgehead atoms. The topological polar surface area (TPSA) is 32.3 Å². The molecule has 88 valence electrons. The molecule has 2 rings (SSSR count). The van der Waals surface area contributed by atoms with Gasteiger partial charge in [0.1, 0.15) is 0 Å². The van der Waals surface area contributed by atoms with Crippen LogP contribution in [0, 0.1) is 5.92 Å². The van der Waals surface area contributed by atoms with Gasteiger partial charge in [0.2, 0.25) is 0 Å². The fourth-order valence-electron chi connectivity index (χ4n) is 2.79. The van der Waals surface area contributed by atoms with Crippen molar-refractivity contribution in [1.29, 1.82) is 0 Å². The van der Waals surface area contributed by atoms with Crippen LogP contribution in [0.2, 0.25) is 0 Å². The summed E-state index contributed by atoms with van der Waals surface area (Å²) in [6.07, 6.45) is 7.81. The smallest absolute Gasteiger partial charge is 0.0474 e. The Kier molecular flexibility index (Phi) is 4.79. The fourth-order valence-corrected chi connectivity index (χ4v) is 3.96.